The highest BCUT2D eigenvalue weighted by Gasteiger charge is 2.31. The van der Waals surface area contributed by atoms with Gasteiger partial charge in [-0.25, -0.2) is 0 Å². The Morgan fingerprint density at radius 3 is 2.83 bits per heavy atom. The van der Waals surface area contributed by atoms with Gasteiger partial charge in [-0.05, 0) is 38.6 Å². The lowest BCUT2D eigenvalue weighted by Crippen LogP contribution is -2.52. The summed E-state index contributed by atoms with van der Waals surface area (Å²) in [6.07, 6.45) is 4.95. The van der Waals surface area contributed by atoms with E-state index in [1.807, 2.05) is 6.92 Å². The summed E-state index contributed by atoms with van der Waals surface area (Å²) in [5.41, 5.74) is 5.39. The van der Waals surface area contributed by atoms with Crippen molar-refractivity contribution in [1.82, 2.24) is 10.2 Å². The van der Waals surface area contributed by atoms with E-state index in [-0.39, 0.29) is 17.9 Å². The van der Waals surface area contributed by atoms with Gasteiger partial charge in [0.05, 0.1) is 0 Å². The minimum atomic E-state index is -0.268. The molecule has 1 aliphatic rings. The average Bonchev–Trinajstić information content (AvgIpc) is 2.39. The first-order valence-electron chi connectivity index (χ1n) is 6.98. The summed E-state index contributed by atoms with van der Waals surface area (Å²) < 4.78 is 0. The molecule has 1 aliphatic heterocycles. The molecule has 0 aromatic rings. The second kappa shape index (κ2) is 8.08. The van der Waals surface area contributed by atoms with Gasteiger partial charge < -0.3 is 16.0 Å². The number of hydrogen-bond donors (Lipinski definition) is 2. The fourth-order valence-corrected chi connectivity index (χ4v) is 2.29. The Morgan fingerprint density at radius 2 is 2.17 bits per heavy atom. The highest BCUT2D eigenvalue weighted by Crippen LogP contribution is 2.18. The molecule has 5 nitrogen and oxygen atoms in total. The van der Waals surface area contributed by atoms with Gasteiger partial charge in [0.25, 0.3) is 0 Å². The SMILES string of the molecule is CCCC(=O)N1CCCCC1C(=O)NCCCN. The number of rotatable bonds is 6. The van der Waals surface area contributed by atoms with E-state index in [4.69, 9.17) is 5.73 Å². The summed E-state index contributed by atoms with van der Waals surface area (Å²) in [6.45, 7) is 3.87. The highest BCUT2D eigenvalue weighted by atomic mass is 16.2. The molecule has 5 heteroatoms. The van der Waals surface area contributed by atoms with Crippen molar-refractivity contribution < 1.29 is 9.59 Å². The second-order valence-corrected chi connectivity index (χ2v) is 4.78. The number of carbonyl (C=O) groups is 2. The van der Waals surface area contributed by atoms with Crippen molar-refractivity contribution in [1.29, 1.82) is 0 Å². The lowest BCUT2D eigenvalue weighted by Gasteiger charge is -2.34. The van der Waals surface area contributed by atoms with Crippen LogP contribution < -0.4 is 11.1 Å². The Bertz CT molecular complexity index is 281. The highest BCUT2D eigenvalue weighted by molar-refractivity contribution is 5.87. The summed E-state index contributed by atoms with van der Waals surface area (Å²) in [4.78, 5) is 25.8. The lowest BCUT2D eigenvalue weighted by atomic mass is 10.0. The third-order valence-corrected chi connectivity index (χ3v) is 3.27. The van der Waals surface area contributed by atoms with E-state index in [9.17, 15) is 9.59 Å². The van der Waals surface area contributed by atoms with E-state index in [1.165, 1.54) is 0 Å². The van der Waals surface area contributed by atoms with Crippen molar-refractivity contribution in [3.8, 4) is 0 Å². The van der Waals surface area contributed by atoms with Gasteiger partial charge in [0.15, 0.2) is 0 Å². The number of piperidine rings is 1. The van der Waals surface area contributed by atoms with E-state index in [2.05, 4.69) is 5.32 Å². The third-order valence-electron chi connectivity index (χ3n) is 3.27. The van der Waals surface area contributed by atoms with Crippen LogP contribution in [0.1, 0.15) is 45.4 Å². The van der Waals surface area contributed by atoms with Crippen molar-refractivity contribution in [2.75, 3.05) is 19.6 Å². The average molecular weight is 255 g/mol. The Labute approximate surface area is 109 Å². The van der Waals surface area contributed by atoms with Crippen molar-refractivity contribution >= 4 is 11.8 Å². The molecular formula is C13H25N3O2. The van der Waals surface area contributed by atoms with Crippen molar-refractivity contribution in [3.05, 3.63) is 0 Å². The standard InChI is InChI=1S/C13H25N3O2/c1-2-6-12(17)16-10-4-3-7-11(16)13(18)15-9-5-8-14/h11H,2-10,14H2,1H3,(H,15,18). The number of nitrogens with one attached hydrogen (secondary N) is 1. The zero-order chi connectivity index (χ0) is 13.4. The minimum Gasteiger partial charge on any atom is -0.354 e. The van der Waals surface area contributed by atoms with Crippen molar-refractivity contribution in [2.45, 2.75) is 51.5 Å². The molecule has 1 saturated heterocycles. The predicted octanol–water partition coefficient (Wildman–Crippen LogP) is 0.633. The summed E-state index contributed by atoms with van der Waals surface area (Å²) >= 11 is 0. The normalized spacial score (nSPS) is 19.7. The molecule has 0 radical (unpaired) electrons. The maximum atomic E-state index is 12.0. The first-order valence-corrected chi connectivity index (χ1v) is 6.98. The second-order valence-electron chi connectivity index (χ2n) is 4.78. The molecule has 0 spiro atoms. The van der Waals surface area contributed by atoms with Crippen molar-refractivity contribution in [2.24, 2.45) is 5.73 Å². The van der Waals surface area contributed by atoms with Gasteiger partial charge in [-0.1, -0.05) is 6.92 Å². The topological polar surface area (TPSA) is 75.4 Å². The Kier molecular flexibility index (Phi) is 6.72. The van der Waals surface area contributed by atoms with Crippen LogP contribution in [0.2, 0.25) is 0 Å². The Hall–Kier alpha value is -1.10. The van der Waals surface area contributed by atoms with E-state index in [0.717, 1.165) is 32.1 Å². The van der Waals surface area contributed by atoms with Crippen LogP contribution in [0, 0.1) is 0 Å². The number of nitrogens with zero attached hydrogens (tertiary/aromatic N) is 1. The first kappa shape index (κ1) is 15.0. The van der Waals surface area contributed by atoms with Crippen LogP contribution in [0.4, 0.5) is 0 Å². The van der Waals surface area contributed by atoms with Gasteiger partial charge >= 0.3 is 0 Å². The minimum absolute atomic E-state index is 0.0207. The van der Waals surface area contributed by atoms with Gasteiger partial charge in [0.1, 0.15) is 6.04 Å². The maximum absolute atomic E-state index is 12.0. The number of amides is 2. The zero-order valence-corrected chi connectivity index (χ0v) is 11.3. The Balaban J connectivity index is 2.52. The largest absolute Gasteiger partial charge is 0.354 e. The summed E-state index contributed by atoms with van der Waals surface area (Å²) in [5.74, 6) is 0.0868. The van der Waals surface area contributed by atoms with Gasteiger partial charge in [0, 0.05) is 19.5 Å². The van der Waals surface area contributed by atoms with Gasteiger partial charge in [0.2, 0.25) is 11.8 Å². The maximum Gasteiger partial charge on any atom is 0.242 e. The Morgan fingerprint density at radius 1 is 1.39 bits per heavy atom. The molecule has 3 N–H and O–H groups in total. The number of carbonyl (C=O) groups excluding carboxylic acids is 2. The van der Waals surface area contributed by atoms with E-state index in [1.54, 1.807) is 4.90 Å². The molecule has 1 heterocycles. The van der Waals surface area contributed by atoms with Crippen LogP contribution in [-0.4, -0.2) is 42.4 Å². The van der Waals surface area contributed by atoms with Gasteiger partial charge in [-0.15, -0.1) is 0 Å². The van der Waals surface area contributed by atoms with E-state index in [0.29, 0.717) is 26.1 Å². The molecule has 0 saturated carbocycles. The monoisotopic (exact) mass is 255 g/mol. The summed E-state index contributed by atoms with van der Waals surface area (Å²) in [5, 5.41) is 2.87. The number of nitrogens with two attached hydrogens (primary N) is 1. The number of likely N-dealkylation sites (tertiary alicyclic amines) is 1. The van der Waals surface area contributed by atoms with Crippen LogP contribution >= 0.6 is 0 Å². The molecule has 0 aliphatic carbocycles. The van der Waals surface area contributed by atoms with Crippen LogP contribution in [0.3, 0.4) is 0 Å². The van der Waals surface area contributed by atoms with Crippen LogP contribution in [-0.2, 0) is 9.59 Å². The molecule has 0 aromatic carbocycles. The molecular weight excluding hydrogens is 230 g/mol. The fraction of sp³-hybridized carbons (Fsp3) is 0.846. The molecule has 1 rings (SSSR count). The molecule has 104 valence electrons. The third kappa shape index (κ3) is 4.29. The predicted molar refractivity (Wildman–Crippen MR) is 70.9 cm³/mol. The fourth-order valence-electron chi connectivity index (χ4n) is 2.29. The molecule has 1 unspecified atom stereocenters. The smallest absolute Gasteiger partial charge is 0.242 e. The first-order chi connectivity index (χ1) is 8.70. The zero-order valence-electron chi connectivity index (χ0n) is 11.3. The van der Waals surface area contributed by atoms with Crippen LogP contribution in [0.15, 0.2) is 0 Å². The quantitative estimate of drug-likeness (QED) is 0.684. The van der Waals surface area contributed by atoms with Crippen molar-refractivity contribution in [3.63, 3.8) is 0 Å². The van der Waals surface area contributed by atoms with E-state index >= 15 is 0 Å². The number of hydrogen-bond acceptors (Lipinski definition) is 3. The molecule has 0 aromatic heterocycles. The lowest BCUT2D eigenvalue weighted by molar-refractivity contribution is -0.142. The molecule has 0 bridgehead atoms. The molecule has 1 atom stereocenters. The van der Waals surface area contributed by atoms with Crippen LogP contribution in [0.5, 0.6) is 0 Å². The summed E-state index contributed by atoms with van der Waals surface area (Å²) in [6, 6.07) is -0.268. The molecule has 1 fully saturated rings. The van der Waals surface area contributed by atoms with Gasteiger partial charge in [-0.2, -0.15) is 0 Å². The molecule has 2 amide bonds. The summed E-state index contributed by atoms with van der Waals surface area (Å²) in [7, 11) is 0. The molecule has 18 heavy (non-hydrogen) atoms. The van der Waals surface area contributed by atoms with E-state index < -0.39 is 0 Å². The van der Waals surface area contributed by atoms with Crippen LogP contribution in [0.25, 0.3) is 0 Å². The van der Waals surface area contributed by atoms with Gasteiger partial charge in [-0.3, -0.25) is 9.59 Å².